The van der Waals surface area contributed by atoms with Gasteiger partial charge < -0.3 is 24.5 Å². The highest BCUT2D eigenvalue weighted by atomic mass is 16.5. The van der Waals surface area contributed by atoms with Crippen LogP contribution >= 0.6 is 0 Å². The van der Waals surface area contributed by atoms with Crippen LogP contribution in [0.5, 0.6) is 11.5 Å². The molecule has 0 radical (unpaired) electrons. The zero-order valence-electron chi connectivity index (χ0n) is 14.0. The molecular weight excluding hydrogens is 296 g/mol. The highest BCUT2D eigenvalue weighted by Gasteiger charge is 2.15. The van der Waals surface area contributed by atoms with Gasteiger partial charge in [-0.05, 0) is 26.8 Å². The molecule has 6 heteroatoms. The molecule has 0 saturated heterocycles. The Morgan fingerprint density at radius 2 is 1.70 bits per heavy atom. The molecule has 1 aromatic carbocycles. The van der Waals surface area contributed by atoms with Gasteiger partial charge in [-0.1, -0.05) is 0 Å². The summed E-state index contributed by atoms with van der Waals surface area (Å²) < 4.78 is 15.9. The van der Waals surface area contributed by atoms with Crippen LogP contribution in [-0.2, 0) is 0 Å². The molecular formula is C17H22N2O4. The Hall–Kier alpha value is -2.63. The van der Waals surface area contributed by atoms with E-state index in [1.807, 2.05) is 26.8 Å². The second kappa shape index (κ2) is 7.09. The fourth-order valence-electron chi connectivity index (χ4n) is 2.40. The number of urea groups is 1. The summed E-state index contributed by atoms with van der Waals surface area (Å²) in [7, 11) is 3.12. The molecule has 2 amide bonds. The number of carbonyl (C=O) groups is 1. The number of hydrogen-bond donors (Lipinski definition) is 2. The molecule has 0 saturated carbocycles. The number of furan rings is 1. The number of methoxy groups -OCH3 is 2. The van der Waals surface area contributed by atoms with Crippen molar-refractivity contribution in [3.63, 3.8) is 0 Å². The lowest BCUT2D eigenvalue weighted by atomic mass is 10.1. The molecule has 0 aliphatic heterocycles. The third kappa shape index (κ3) is 4.18. The van der Waals surface area contributed by atoms with E-state index in [4.69, 9.17) is 13.9 Å². The quantitative estimate of drug-likeness (QED) is 0.879. The standard InChI is InChI=1S/C17H22N2O4/c1-10-6-16(12(3)23-10)11(2)18-17(20)19-13-7-14(21-4)9-15(8-13)22-5/h6-9,11H,1-5H3,(H2,18,19,20)/t11-/m0/s1. The molecule has 2 aromatic rings. The molecule has 1 heterocycles. The maximum atomic E-state index is 12.2. The van der Waals surface area contributed by atoms with E-state index in [0.29, 0.717) is 17.2 Å². The molecule has 2 rings (SSSR count). The summed E-state index contributed by atoms with van der Waals surface area (Å²) in [6.45, 7) is 5.67. The van der Waals surface area contributed by atoms with E-state index >= 15 is 0 Å². The van der Waals surface area contributed by atoms with Crippen molar-refractivity contribution in [1.82, 2.24) is 5.32 Å². The number of anilines is 1. The fraction of sp³-hybridized carbons (Fsp3) is 0.353. The third-order valence-electron chi connectivity index (χ3n) is 3.50. The molecule has 0 aliphatic carbocycles. The van der Waals surface area contributed by atoms with Crippen LogP contribution in [0.25, 0.3) is 0 Å². The molecule has 0 spiro atoms. The van der Waals surface area contributed by atoms with E-state index in [9.17, 15) is 4.79 Å². The third-order valence-corrected chi connectivity index (χ3v) is 3.50. The molecule has 0 fully saturated rings. The predicted octanol–water partition coefficient (Wildman–Crippen LogP) is 3.80. The number of rotatable bonds is 5. The molecule has 1 aromatic heterocycles. The zero-order valence-corrected chi connectivity index (χ0v) is 14.0. The van der Waals surface area contributed by atoms with Crippen molar-refractivity contribution in [2.75, 3.05) is 19.5 Å². The fourth-order valence-corrected chi connectivity index (χ4v) is 2.40. The van der Waals surface area contributed by atoms with Crippen LogP contribution in [-0.4, -0.2) is 20.3 Å². The summed E-state index contributed by atoms with van der Waals surface area (Å²) in [6, 6.07) is 6.63. The highest BCUT2D eigenvalue weighted by Crippen LogP contribution is 2.26. The molecule has 0 aliphatic rings. The van der Waals surface area contributed by atoms with Gasteiger partial charge in [-0.2, -0.15) is 0 Å². The number of amides is 2. The maximum absolute atomic E-state index is 12.2. The Labute approximate surface area is 135 Å². The predicted molar refractivity (Wildman–Crippen MR) is 88.3 cm³/mol. The first-order valence-electron chi connectivity index (χ1n) is 7.30. The Bertz CT molecular complexity index is 672. The van der Waals surface area contributed by atoms with Crippen LogP contribution in [0.15, 0.2) is 28.7 Å². The Balaban J connectivity index is 2.06. The number of hydrogen-bond acceptors (Lipinski definition) is 4. The van der Waals surface area contributed by atoms with E-state index in [1.165, 1.54) is 0 Å². The van der Waals surface area contributed by atoms with Crippen molar-refractivity contribution in [1.29, 1.82) is 0 Å². The van der Waals surface area contributed by atoms with E-state index in [2.05, 4.69) is 10.6 Å². The summed E-state index contributed by atoms with van der Waals surface area (Å²) in [6.07, 6.45) is 0. The van der Waals surface area contributed by atoms with Gasteiger partial charge in [0.2, 0.25) is 0 Å². The Morgan fingerprint density at radius 3 is 2.17 bits per heavy atom. The minimum atomic E-state index is -0.314. The van der Waals surface area contributed by atoms with Crippen molar-refractivity contribution >= 4 is 11.7 Å². The minimum Gasteiger partial charge on any atom is -0.497 e. The second-order valence-electron chi connectivity index (χ2n) is 5.29. The molecule has 124 valence electrons. The van der Waals surface area contributed by atoms with Crippen molar-refractivity contribution in [3.8, 4) is 11.5 Å². The van der Waals surface area contributed by atoms with E-state index < -0.39 is 0 Å². The summed E-state index contributed by atoms with van der Waals surface area (Å²) in [5.74, 6) is 2.84. The largest absolute Gasteiger partial charge is 0.497 e. The first-order valence-corrected chi connectivity index (χ1v) is 7.30. The van der Waals surface area contributed by atoms with Crippen molar-refractivity contribution in [2.45, 2.75) is 26.8 Å². The lowest BCUT2D eigenvalue weighted by Crippen LogP contribution is -2.31. The molecule has 1 atom stereocenters. The molecule has 0 unspecified atom stereocenters. The maximum Gasteiger partial charge on any atom is 0.319 e. The van der Waals surface area contributed by atoms with E-state index in [-0.39, 0.29) is 12.1 Å². The SMILES string of the molecule is COc1cc(NC(=O)N[C@@H](C)c2cc(C)oc2C)cc(OC)c1. The summed E-state index contributed by atoms with van der Waals surface area (Å²) >= 11 is 0. The monoisotopic (exact) mass is 318 g/mol. The number of benzene rings is 1. The lowest BCUT2D eigenvalue weighted by Gasteiger charge is -2.15. The molecule has 23 heavy (non-hydrogen) atoms. The van der Waals surface area contributed by atoms with Crippen molar-refractivity contribution in [2.24, 2.45) is 0 Å². The normalized spacial score (nSPS) is 11.7. The molecule has 2 N–H and O–H groups in total. The van der Waals surface area contributed by atoms with Crippen LogP contribution in [0.3, 0.4) is 0 Å². The average molecular weight is 318 g/mol. The van der Waals surface area contributed by atoms with Crippen LogP contribution in [0.2, 0.25) is 0 Å². The van der Waals surface area contributed by atoms with Crippen LogP contribution in [0.4, 0.5) is 10.5 Å². The van der Waals surface area contributed by atoms with Gasteiger partial charge in [0, 0.05) is 29.4 Å². The van der Waals surface area contributed by atoms with Crippen molar-refractivity contribution in [3.05, 3.63) is 41.3 Å². The van der Waals surface area contributed by atoms with Gasteiger partial charge in [-0.25, -0.2) is 4.79 Å². The van der Waals surface area contributed by atoms with Crippen LogP contribution in [0.1, 0.15) is 30.0 Å². The Kier molecular flexibility index (Phi) is 5.16. The van der Waals surface area contributed by atoms with Crippen LogP contribution < -0.4 is 20.1 Å². The topological polar surface area (TPSA) is 72.7 Å². The summed E-state index contributed by atoms with van der Waals surface area (Å²) in [5, 5.41) is 5.66. The highest BCUT2D eigenvalue weighted by molar-refractivity contribution is 5.90. The molecule has 6 nitrogen and oxygen atoms in total. The van der Waals surface area contributed by atoms with Gasteiger partial charge in [0.1, 0.15) is 23.0 Å². The second-order valence-corrected chi connectivity index (χ2v) is 5.29. The number of carbonyl (C=O) groups excluding carboxylic acids is 1. The van der Waals surface area contributed by atoms with E-state index in [0.717, 1.165) is 17.1 Å². The summed E-state index contributed by atoms with van der Waals surface area (Å²) in [5.41, 5.74) is 1.55. The smallest absolute Gasteiger partial charge is 0.319 e. The van der Waals surface area contributed by atoms with E-state index in [1.54, 1.807) is 32.4 Å². The minimum absolute atomic E-state index is 0.167. The lowest BCUT2D eigenvalue weighted by molar-refractivity contribution is 0.249. The van der Waals surface area contributed by atoms with Gasteiger partial charge >= 0.3 is 6.03 Å². The first kappa shape index (κ1) is 16.7. The van der Waals surface area contributed by atoms with Gasteiger partial charge in [0.25, 0.3) is 0 Å². The first-order chi connectivity index (χ1) is 10.9. The number of aryl methyl sites for hydroxylation is 2. The number of nitrogens with one attached hydrogen (secondary N) is 2. The average Bonchev–Trinajstić information content (AvgIpc) is 2.85. The van der Waals surface area contributed by atoms with Gasteiger partial charge in [0.05, 0.1) is 20.3 Å². The van der Waals surface area contributed by atoms with Crippen LogP contribution in [0, 0.1) is 13.8 Å². The summed E-state index contributed by atoms with van der Waals surface area (Å²) in [4.78, 5) is 12.2. The zero-order chi connectivity index (χ0) is 17.0. The van der Waals surface area contributed by atoms with Gasteiger partial charge in [-0.3, -0.25) is 0 Å². The number of ether oxygens (including phenoxy) is 2. The molecule has 0 bridgehead atoms. The van der Waals surface area contributed by atoms with Gasteiger partial charge in [0.15, 0.2) is 0 Å². The van der Waals surface area contributed by atoms with Gasteiger partial charge in [-0.15, -0.1) is 0 Å². The van der Waals surface area contributed by atoms with Crippen molar-refractivity contribution < 1.29 is 18.7 Å². The Morgan fingerprint density at radius 1 is 1.09 bits per heavy atom.